The van der Waals surface area contributed by atoms with E-state index < -0.39 is 29.8 Å². The van der Waals surface area contributed by atoms with Crippen molar-refractivity contribution in [3.8, 4) is 0 Å². The molecule has 2 nitrogen and oxygen atoms in total. The van der Waals surface area contributed by atoms with Crippen LogP contribution in [0.3, 0.4) is 0 Å². The smallest absolute Gasteiger partial charge is 0.410 e. The number of ether oxygens (including phenoxy) is 1. The fourth-order valence-electron chi connectivity index (χ4n) is 0.822. The first-order valence-corrected chi connectivity index (χ1v) is 3.12. The summed E-state index contributed by atoms with van der Waals surface area (Å²) in [7, 11) is 0. The molecule has 1 atom stereocenters. The van der Waals surface area contributed by atoms with Crippen LogP contribution in [0.4, 0.5) is 35.1 Å². The summed E-state index contributed by atoms with van der Waals surface area (Å²) in [5.41, 5.74) is 0. The number of carbonyl (C=O) groups excluding carboxylic acids is 1. The van der Waals surface area contributed by atoms with E-state index in [9.17, 15) is 39.9 Å². The molecule has 1 saturated heterocycles. The molecule has 1 heterocycles. The van der Waals surface area contributed by atoms with Crippen molar-refractivity contribution < 1.29 is 44.7 Å². The van der Waals surface area contributed by atoms with Crippen LogP contribution in [-0.2, 0) is 9.53 Å². The molecule has 0 aromatic heterocycles. The van der Waals surface area contributed by atoms with Crippen molar-refractivity contribution in [2.24, 2.45) is 0 Å². The molecule has 0 aromatic carbocycles. The third-order valence-electron chi connectivity index (χ3n) is 1.65. The largest absolute Gasteiger partial charge is 0.467 e. The molecule has 1 aliphatic rings. The van der Waals surface area contributed by atoms with E-state index in [-0.39, 0.29) is 0 Å². The van der Waals surface area contributed by atoms with Gasteiger partial charge in [-0.2, -0.15) is 35.1 Å². The average molecular weight is 244 g/mol. The van der Waals surface area contributed by atoms with Crippen LogP contribution in [0.5, 0.6) is 0 Å². The first-order chi connectivity index (χ1) is 6.38. The Morgan fingerprint density at radius 2 is 1.40 bits per heavy atom. The highest BCUT2D eigenvalue weighted by Gasteiger charge is 2.91. The van der Waals surface area contributed by atoms with Crippen molar-refractivity contribution in [3.63, 3.8) is 0 Å². The molecule has 0 amide bonds. The van der Waals surface area contributed by atoms with E-state index in [4.69, 9.17) is 0 Å². The molecule has 1 aliphatic heterocycles. The summed E-state index contributed by atoms with van der Waals surface area (Å²) in [6, 6.07) is 0. The van der Waals surface area contributed by atoms with E-state index in [0.29, 0.717) is 0 Å². The molecular formula is C5F8O2. The summed E-state index contributed by atoms with van der Waals surface area (Å²) in [6.45, 7) is 0. The van der Waals surface area contributed by atoms with E-state index in [2.05, 4.69) is 4.74 Å². The minimum atomic E-state index is -6.45. The second-order valence-corrected chi connectivity index (χ2v) is 2.63. The maximum absolute atomic E-state index is 12.5. The highest BCUT2D eigenvalue weighted by atomic mass is 19.4. The Morgan fingerprint density at radius 1 is 1.00 bits per heavy atom. The second-order valence-electron chi connectivity index (χ2n) is 2.63. The van der Waals surface area contributed by atoms with Crippen LogP contribution >= 0.6 is 0 Å². The maximum Gasteiger partial charge on any atom is 0.467 e. The average Bonchev–Trinajstić information content (AvgIpc) is 2.10. The van der Waals surface area contributed by atoms with Gasteiger partial charge in [-0.05, 0) is 0 Å². The Hall–Kier alpha value is -1.09. The molecule has 15 heavy (non-hydrogen) atoms. The van der Waals surface area contributed by atoms with Gasteiger partial charge in [0, 0.05) is 0 Å². The van der Waals surface area contributed by atoms with Crippen LogP contribution < -0.4 is 0 Å². The zero-order chi connectivity index (χ0) is 12.3. The van der Waals surface area contributed by atoms with Gasteiger partial charge in [-0.25, -0.2) is 4.79 Å². The van der Waals surface area contributed by atoms with Crippen molar-refractivity contribution in [1.29, 1.82) is 0 Å². The zero-order valence-corrected chi connectivity index (χ0v) is 6.34. The predicted octanol–water partition coefficient (Wildman–Crippen LogP) is 2.04. The minimum absolute atomic E-state index is 2.41. The fourth-order valence-corrected chi connectivity index (χ4v) is 0.822. The highest BCUT2D eigenvalue weighted by molar-refractivity contribution is 5.82. The summed E-state index contributed by atoms with van der Waals surface area (Å²) in [4.78, 5) is 9.98. The highest BCUT2D eigenvalue weighted by Crippen LogP contribution is 2.57. The fraction of sp³-hybridized carbons (Fsp3) is 0.800. The monoisotopic (exact) mass is 244 g/mol. The van der Waals surface area contributed by atoms with Crippen molar-refractivity contribution >= 4 is 5.97 Å². The number of cyclic esters (lactones) is 1. The molecule has 0 spiro atoms. The summed E-state index contributed by atoms with van der Waals surface area (Å²) >= 11 is 0. The molecule has 0 N–H and O–H groups in total. The number of hydrogen-bond acceptors (Lipinski definition) is 2. The van der Waals surface area contributed by atoms with E-state index in [1.54, 1.807) is 0 Å². The number of alkyl halides is 8. The molecule has 0 aliphatic carbocycles. The van der Waals surface area contributed by atoms with Crippen LogP contribution in [0.1, 0.15) is 0 Å². The molecule has 0 saturated carbocycles. The Bertz CT molecular complexity index is 307. The molecule has 1 rings (SSSR count). The van der Waals surface area contributed by atoms with E-state index in [1.807, 2.05) is 0 Å². The van der Waals surface area contributed by atoms with E-state index >= 15 is 0 Å². The molecular weight excluding hydrogens is 244 g/mol. The van der Waals surface area contributed by atoms with Crippen molar-refractivity contribution in [2.45, 2.75) is 23.9 Å². The normalized spacial score (nSPS) is 34.0. The van der Waals surface area contributed by atoms with Gasteiger partial charge in [0.05, 0.1) is 0 Å². The molecule has 1 unspecified atom stereocenters. The first kappa shape index (κ1) is 12.0. The molecule has 1 fully saturated rings. The van der Waals surface area contributed by atoms with Gasteiger partial charge in [-0.3, -0.25) is 0 Å². The number of carbonyl (C=O) groups is 1. The lowest BCUT2D eigenvalue weighted by Gasteiger charge is -2.26. The lowest BCUT2D eigenvalue weighted by atomic mass is 10.1. The van der Waals surface area contributed by atoms with Gasteiger partial charge in [0.25, 0.3) is 0 Å². The van der Waals surface area contributed by atoms with Gasteiger partial charge in [0.2, 0.25) is 0 Å². The Balaban J connectivity index is 3.34. The number of hydrogen-bond donors (Lipinski definition) is 0. The predicted molar refractivity (Wildman–Crippen MR) is 25.9 cm³/mol. The lowest BCUT2D eigenvalue weighted by Crippen LogP contribution is -2.58. The van der Waals surface area contributed by atoms with Crippen LogP contribution in [0.2, 0.25) is 0 Å². The molecule has 0 radical (unpaired) electrons. The Morgan fingerprint density at radius 3 is 1.53 bits per heavy atom. The van der Waals surface area contributed by atoms with Crippen molar-refractivity contribution in [2.75, 3.05) is 0 Å². The van der Waals surface area contributed by atoms with Gasteiger partial charge in [0.1, 0.15) is 0 Å². The molecule has 0 bridgehead atoms. The van der Waals surface area contributed by atoms with Crippen molar-refractivity contribution in [1.82, 2.24) is 0 Å². The van der Waals surface area contributed by atoms with Crippen molar-refractivity contribution in [3.05, 3.63) is 0 Å². The SMILES string of the molecule is O=C1OC(F)(C(F)(F)F)C(F)(F)C1(F)F. The lowest BCUT2D eigenvalue weighted by molar-refractivity contribution is -0.380. The van der Waals surface area contributed by atoms with E-state index in [0.717, 1.165) is 0 Å². The summed E-state index contributed by atoms with van der Waals surface area (Å²) in [5, 5.41) is 0. The van der Waals surface area contributed by atoms with Crippen LogP contribution in [0.25, 0.3) is 0 Å². The second kappa shape index (κ2) is 2.53. The summed E-state index contributed by atoms with van der Waals surface area (Å²) < 4.78 is 99.0. The number of esters is 1. The Kier molecular flexibility index (Phi) is 2.02. The summed E-state index contributed by atoms with van der Waals surface area (Å²) in [5.74, 6) is -21.4. The van der Waals surface area contributed by atoms with Gasteiger partial charge in [-0.1, -0.05) is 0 Å². The Labute approximate surface area is 75.8 Å². The quantitative estimate of drug-likeness (QED) is 0.481. The third-order valence-corrected chi connectivity index (χ3v) is 1.65. The van der Waals surface area contributed by atoms with Crippen LogP contribution in [-0.4, -0.2) is 29.8 Å². The van der Waals surface area contributed by atoms with Gasteiger partial charge >= 0.3 is 29.8 Å². The first-order valence-electron chi connectivity index (χ1n) is 3.12. The minimum Gasteiger partial charge on any atom is -0.410 e. The maximum atomic E-state index is 12.5. The molecule has 10 heteroatoms. The van der Waals surface area contributed by atoms with Crippen LogP contribution in [0, 0.1) is 0 Å². The van der Waals surface area contributed by atoms with Crippen LogP contribution in [0.15, 0.2) is 0 Å². The number of halogens is 8. The van der Waals surface area contributed by atoms with Gasteiger partial charge in [0.15, 0.2) is 0 Å². The number of rotatable bonds is 0. The third kappa shape index (κ3) is 1.13. The molecule has 88 valence electrons. The summed E-state index contributed by atoms with van der Waals surface area (Å²) in [6.07, 6.45) is -6.45. The van der Waals surface area contributed by atoms with Gasteiger partial charge in [-0.15, -0.1) is 0 Å². The topological polar surface area (TPSA) is 26.3 Å². The molecule has 0 aromatic rings. The standard InChI is InChI=1S/C5F8O2/c6-2(7)1(14)15-4(10,3(2,8)9)5(11,12)13. The zero-order valence-electron chi connectivity index (χ0n) is 6.34. The van der Waals surface area contributed by atoms with Gasteiger partial charge < -0.3 is 4.74 Å². The van der Waals surface area contributed by atoms with E-state index in [1.165, 1.54) is 0 Å².